The zero-order valence-electron chi connectivity index (χ0n) is 25.0. The third-order valence-corrected chi connectivity index (χ3v) is 7.39. The Morgan fingerprint density at radius 2 is 1.50 bits per heavy atom. The fourth-order valence-corrected chi connectivity index (χ4v) is 5.13. The summed E-state index contributed by atoms with van der Waals surface area (Å²) in [6, 6.07) is 32.4. The van der Waals surface area contributed by atoms with Gasteiger partial charge in [-0.05, 0) is 53.9 Å². The molecule has 1 atom stereocenters. The van der Waals surface area contributed by atoms with E-state index >= 15 is 0 Å². The summed E-state index contributed by atoms with van der Waals surface area (Å²) in [6.07, 6.45) is 2.49. The molecule has 8 heteroatoms. The quantitative estimate of drug-likeness (QED) is 0.168. The van der Waals surface area contributed by atoms with Crippen LogP contribution < -0.4 is 19.5 Å². The molecule has 4 aromatic carbocycles. The van der Waals surface area contributed by atoms with Crippen molar-refractivity contribution in [2.75, 3.05) is 20.3 Å². The van der Waals surface area contributed by atoms with Crippen molar-refractivity contribution in [1.82, 2.24) is 15.2 Å². The Morgan fingerprint density at radius 3 is 2.25 bits per heavy atom. The molecule has 5 aromatic rings. The van der Waals surface area contributed by atoms with Gasteiger partial charge in [0, 0.05) is 42.7 Å². The number of para-hydroxylation sites is 2. The van der Waals surface area contributed by atoms with Crippen molar-refractivity contribution in [3.8, 4) is 17.2 Å². The Kier molecular flexibility index (Phi) is 10.2. The van der Waals surface area contributed by atoms with E-state index in [0.29, 0.717) is 43.4 Å². The van der Waals surface area contributed by atoms with Crippen LogP contribution in [-0.2, 0) is 29.2 Å². The van der Waals surface area contributed by atoms with Crippen LogP contribution in [0.1, 0.15) is 23.6 Å². The summed E-state index contributed by atoms with van der Waals surface area (Å²) >= 11 is 0. The number of carbonyl (C=O) groups excluding carboxylic acids is 2. The van der Waals surface area contributed by atoms with Gasteiger partial charge in [0.05, 0.1) is 13.2 Å². The molecular weight excluding hydrogens is 554 g/mol. The Bertz CT molecular complexity index is 1670. The first-order chi connectivity index (χ1) is 21.5. The maximum atomic E-state index is 13.2. The Morgan fingerprint density at radius 1 is 0.818 bits per heavy atom. The minimum absolute atomic E-state index is 0.0973. The van der Waals surface area contributed by atoms with Gasteiger partial charge in [-0.2, -0.15) is 0 Å². The number of rotatable bonds is 14. The van der Waals surface area contributed by atoms with Gasteiger partial charge in [0.15, 0.2) is 6.61 Å². The summed E-state index contributed by atoms with van der Waals surface area (Å²) in [7, 11) is 1.61. The van der Waals surface area contributed by atoms with Crippen LogP contribution in [0.4, 0.5) is 0 Å². The monoisotopic (exact) mass is 591 g/mol. The summed E-state index contributed by atoms with van der Waals surface area (Å²) in [4.78, 5) is 31.0. The number of amides is 2. The first kappa shape index (κ1) is 30.2. The number of H-pyrrole nitrogens is 1. The van der Waals surface area contributed by atoms with E-state index in [1.54, 1.807) is 24.1 Å². The smallest absolute Gasteiger partial charge is 0.258 e. The summed E-state index contributed by atoms with van der Waals surface area (Å²) in [5.74, 6) is 1.60. The molecule has 0 spiro atoms. The molecule has 1 unspecified atom stereocenters. The topological polar surface area (TPSA) is 92.9 Å². The summed E-state index contributed by atoms with van der Waals surface area (Å²) in [5, 5.41) is 4.19. The number of carbonyl (C=O) groups is 2. The zero-order valence-corrected chi connectivity index (χ0v) is 25.0. The lowest BCUT2D eigenvalue weighted by molar-refractivity contribution is -0.131. The highest BCUT2D eigenvalue weighted by Gasteiger charge is 2.22. The van der Waals surface area contributed by atoms with Gasteiger partial charge >= 0.3 is 0 Å². The van der Waals surface area contributed by atoms with Crippen LogP contribution in [0.3, 0.4) is 0 Å². The lowest BCUT2D eigenvalue weighted by Crippen LogP contribution is -2.47. The predicted molar refractivity (Wildman–Crippen MR) is 171 cm³/mol. The molecule has 5 rings (SSSR count). The first-order valence-electron chi connectivity index (χ1n) is 14.6. The molecule has 0 bridgehead atoms. The van der Waals surface area contributed by atoms with Crippen molar-refractivity contribution in [2.45, 2.75) is 32.5 Å². The maximum absolute atomic E-state index is 13.2. The molecule has 2 N–H and O–H groups in total. The number of ether oxygens (including phenoxy) is 3. The Hall–Kier alpha value is -5.24. The molecule has 0 aliphatic rings. The molecule has 1 heterocycles. The third kappa shape index (κ3) is 8.19. The minimum Gasteiger partial charge on any atom is -0.496 e. The van der Waals surface area contributed by atoms with Crippen molar-refractivity contribution in [2.24, 2.45) is 0 Å². The number of aromatic nitrogens is 1. The number of nitrogens with one attached hydrogen (secondary N) is 2. The molecule has 0 saturated carbocycles. The fourth-order valence-electron chi connectivity index (χ4n) is 5.13. The van der Waals surface area contributed by atoms with Crippen LogP contribution in [0, 0.1) is 0 Å². The average molecular weight is 592 g/mol. The number of methoxy groups -OCH3 is 1. The van der Waals surface area contributed by atoms with E-state index in [4.69, 9.17) is 14.2 Å². The van der Waals surface area contributed by atoms with E-state index in [1.165, 1.54) is 6.92 Å². The highest BCUT2D eigenvalue weighted by atomic mass is 16.5. The molecule has 1 aromatic heterocycles. The van der Waals surface area contributed by atoms with Crippen molar-refractivity contribution in [1.29, 1.82) is 0 Å². The molecule has 226 valence electrons. The van der Waals surface area contributed by atoms with Gasteiger partial charge in [0.2, 0.25) is 5.91 Å². The van der Waals surface area contributed by atoms with Gasteiger partial charge < -0.3 is 29.4 Å². The van der Waals surface area contributed by atoms with Gasteiger partial charge in [-0.25, -0.2) is 0 Å². The lowest BCUT2D eigenvalue weighted by atomic mass is 10.0. The number of hydrogen-bond acceptors (Lipinski definition) is 5. The van der Waals surface area contributed by atoms with E-state index in [9.17, 15) is 9.59 Å². The highest BCUT2D eigenvalue weighted by molar-refractivity contribution is 5.83. The van der Waals surface area contributed by atoms with Crippen molar-refractivity contribution in [3.63, 3.8) is 0 Å². The number of hydrogen-bond donors (Lipinski definition) is 2. The van der Waals surface area contributed by atoms with Crippen LogP contribution in [0.5, 0.6) is 17.2 Å². The number of nitrogens with zero attached hydrogens (tertiary/aromatic N) is 1. The molecular formula is C36H37N3O5. The lowest BCUT2D eigenvalue weighted by Gasteiger charge is -2.28. The van der Waals surface area contributed by atoms with E-state index in [0.717, 1.165) is 27.6 Å². The van der Waals surface area contributed by atoms with Crippen LogP contribution in [0.2, 0.25) is 0 Å². The summed E-state index contributed by atoms with van der Waals surface area (Å²) < 4.78 is 17.1. The highest BCUT2D eigenvalue weighted by Crippen LogP contribution is 2.23. The van der Waals surface area contributed by atoms with Crippen LogP contribution in [0.15, 0.2) is 109 Å². The van der Waals surface area contributed by atoms with Gasteiger partial charge in [0.1, 0.15) is 23.9 Å². The average Bonchev–Trinajstić information content (AvgIpc) is 3.46. The molecule has 2 amide bonds. The Balaban J connectivity index is 1.24. The normalized spacial score (nSPS) is 11.5. The molecule has 0 aliphatic heterocycles. The fraction of sp³-hybridized carbons (Fsp3) is 0.222. The minimum atomic E-state index is -0.363. The summed E-state index contributed by atoms with van der Waals surface area (Å²) in [6.45, 7) is 2.51. The van der Waals surface area contributed by atoms with E-state index in [2.05, 4.69) is 10.3 Å². The molecule has 0 radical (unpaired) electrons. The van der Waals surface area contributed by atoms with Crippen molar-refractivity contribution >= 4 is 22.7 Å². The number of aromatic amines is 1. The first-order valence-corrected chi connectivity index (χ1v) is 14.6. The van der Waals surface area contributed by atoms with Crippen molar-refractivity contribution in [3.05, 3.63) is 126 Å². The van der Waals surface area contributed by atoms with E-state index in [-0.39, 0.29) is 24.5 Å². The molecule has 0 aliphatic carbocycles. The van der Waals surface area contributed by atoms with E-state index < -0.39 is 0 Å². The molecule has 0 fully saturated rings. The second kappa shape index (κ2) is 14.8. The Labute approximate surface area is 257 Å². The summed E-state index contributed by atoms with van der Waals surface area (Å²) in [5.41, 5.74) is 4.04. The van der Waals surface area contributed by atoms with Gasteiger partial charge in [-0.15, -0.1) is 0 Å². The van der Waals surface area contributed by atoms with E-state index in [1.807, 2.05) is 97.2 Å². The standard InChI is InChI=1S/C36H37N3O5/c1-26(40)39(22-28-12-6-9-15-35(28)42-2)23-30(20-29-21-37-34-14-8-7-13-33(29)34)38-36(41)25-44-32-18-16-31(17-19-32)43-24-27-10-4-3-5-11-27/h3-19,21,30,37H,20,22-25H2,1-2H3,(H,38,41). The third-order valence-electron chi connectivity index (χ3n) is 7.39. The zero-order chi connectivity index (χ0) is 30.7. The van der Waals surface area contributed by atoms with Crippen molar-refractivity contribution < 1.29 is 23.8 Å². The maximum Gasteiger partial charge on any atom is 0.258 e. The second-order valence-electron chi connectivity index (χ2n) is 10.6. The van der Waals surface area contributed by atoms with Crippen LogP contribution in [-0.4, -0.2) is 48.0 Å². The van der Waals surface area contributed by atoms with Gasteiger partial charge in [-0.1, -0.05) is 66.7 Å². The SMILES string of the molecule is COc1ccccc1CN(CC(Cc1c[nH]c2ccccc12)NC(=O)COc1ccc(OCc2ccccc2)cc1)C(C)=O. The van der Waals surface area contributed by atoms with Gasteiger partial charge in [0.25, 0.3) is 5.91 Å². The van der Waals surface area contributed by atoms with Crippen LogP contribution in [0.25, 0.3) is 10.9 Å². The second-order valence-corrected chi connectivity index (χ2v) is 10.6. The number of fused-ring (bicyclic) bond motifs is 1. The predicted octanol–water partition coefficient (Wildman–Crippen LogP) is 5.91. The molecule has 44 heavy (non-hydrogen) atoms. The molecule has 8 nitrogen and oxygen atoms in total. The number of benzene rings is 4. The molecule has 0 saturated heterocycles. The van der Waals surface area contributed by atoms with Gasteiger partial charge in [-0.3, -0.25) is 9.59 Å². The largest absolute Gasteiger partial charge is 0.496 e. The van der Waals surface area contributed by atoms with Crippen LogP contribution >= 0.6 is 0 Å².